The van der Waals surface area contributed by atoms with E-state index < -0.39 is 11.9 Å². The number of carbonyl (C=O) groups is 1. The van der Waals surface area contributed by atoms with Gasteiger partial charge in [-0.1, -0.05) is 84.5 Å². The van der Waals surface area contributed by atoms with Crippen molar-refractivity contribution in [3.8, 4) is 0 Å². The largest absolute Gasteiger partial charge is 0.481 e. The predicted octanol–water partition coefficient (Wildman–Crippen LogP) is 5.02. The Kier molecular flexibility index (Phi) is 14.0. The Labute approximate surface area is 131 Å². The van der Waals surface area contributed by atoms with E-state index in [1.165, 1.54) is 64.2 Å². The van der Waals surface area contributed by atoms with Gasteiger partial charge in [-0.05, 0) is 12.3 Å². The van der Waals surface area contributed by atoms with E-state index >= 15 is 0 Å². The average Bonchev–Trinajstić information content (AvgIpc) is 2.48. The van der Waals surface area contributed by atoms with Crippen LogP contribution in [0.1, 0.15) is 90.9 Å². The number of hydrogen-bond acceptors (Lipinski definition) is 2. The second-order valence-electron chi connectivity index (χ2n) is 6.39. The number of aliphatic carboxylic acids is 1. The summed E-state index contributed by atoms with van der Waals surface area (Å²) in [5, 5.41) is 18.2. The van der Waals surface area contributed by atoms with E-state index in [1.807, 2.05) is 0 Å². The lowest BCUT2D eigenvalue weighted by Crippen LogP contribution is -2.23. The first kappa shape index (κ1) is 20.4. The van der Waals surface area contributed by atoms with Crippen molar-refractivity contribution in [3.63, 3.8) is 0 Å². The van der Waals surface area contributed by atoms with Gasteiger partial charge in [0.2, 0.25) is 0 Å². The van der Waals surface area contributed by atoms with Gasteiger partial charge in [0.15, 0.2) is 0 Å². The Morgan fingerprint density at radius 2 is 1.29 bits per heavy atom. The summed E-state index contributed by atoms with van der Waals surface area (Å²) in [6.45, 7) is 3.94. The first-order valence-electron chi connectivity index (χ1n) is 8.97. The first-order chi connectivity index (χ1) is 10.1. The standard InChI is InChI=1S/C18H36O3/c1-3-4-5-6-7-8-9-10-11-12-13-14-17(15-19)16(2)18(20)21/h16-17,19H,3-15H2,1-2H3,(H,20,21)/t16-,17?/m1/s1. The molecule has 0 heterocycles. The Morgan fingerprint density at radius 3 is 1.67 bits per heavy atom. The van der Waals surface area contributed by atoms with Crippen LogP contribution in [0, 0.1) is 11.8 Å². The van der Waals surface area contributed by atoms with Crippen molar-refractivity contribution in [2.24, 2.45) is 11.8 Å². The highest BCUT2D eigenvalue weighted by Crippen LogP contribution is 2.20. The predicted molar refractivity (Wildman–Crippen MR) is 88.5 cm³/mol. The fourth-order valence-electron chi connectivity index (χ4n) is 2.77. The molecular formula is C18H36O3. The number of aliphatic hydroxyl groups excluding tert-OH is 1. The molecule has 0 saturated carbocycles. The van der Waals surface area contributed by atoms with Crippen LogP contribution in [0.25, 0.3) is 0 Å². The molecule has 2 N–H and O–H groups in total. The van der Waals surface area contributed by atoms with Crippen molar-refractivity contribution in [3.05, 3.63) is 0 Å². The van der Waals surface area contributed by atoms with E-state index in [9.17, 15) is 9.90 Å². The summed E-state index contributed by atoms with van der Waals surface area (Å²) in [5.74, 6) is -1.31. The van der Waals surface area contributed by atoms with Gasteiger partial charge in [0.25, 0.3) is 0 Å². The zero-order valence-corrected chi connectivity index (χ0v) is 14.1. The van der Waals surface area contributed by atoms with Gasteiger partial charge in [0, 0.05) is 6.61 Å². The number of hydrogen-bond donors (Lipinski definition) is 2. The van der Waals surface area contributed by atoms with E-state index in [-0.39, 0.29) is 12.5 Å². The van der Waals surface area contributed by atoms with Crippen LogP contribution in [0.15, 0.2) is 0 Å². The van der Waals surface area contributed by atoms with Gasteiger partial charge in [-0.3, -0.25) is 4.79 Å². The topological polar surface area (TPSA) is 57.5 Å². The van der Waals surface area contributed by atoms with Crippen LogP contribution in [-0.2, 0) is 4.79 Å². The maximum Gasteiger partial charge on any atom is 0.306 e. The molecule has 0 aliphatic carbocycles. The van der Waals surface area contributed by atoms with Crippen LogP contribution in [0.5, 0.6) is 0 Å². The Balaban J connectivity index is 3.36. The zero-order valence-electron chi connectivity index (χ0n) is 14.1. The molecule has 0 amide bonds. The number of carboxylic acid groups (broad SMARTS) is 1. The fourth-order valence-corrected chi connectivity index (χ4v) is 2.77. The molecule has 126 valence electrons. The highest BCUT2D eigenvalue weighted by molar-refractivity contribution is 5.69. The van der Waals surface area contributed by atoms with Crippen LogP contribution in [0.2, 0.25) is 0 Å². The summed E-state index contributed by atoms with van der Waals surface area (Å²) in [4.78, 5) is 10.9. The molecule has 0 saturated heterocycles. The maximum absolute atomic E-state index is 10.9. The molecule has 0 bridgehead atoms. The second kappa shape index (κ2) is 14.4. The highest BCUT2D eigenvalue weighted by atomic mass is 16.4. The van der Waals surface area contributed by atoms with E-state index in [4.69, 9.17) is 5.11 Å². The number of unbranched alkanes of at least 4 members (excludes halogenated alkanes) is 10. The smallest absolute Gasteiger partial charge is 0.306 e. The van der Waals surface area contributed by atoms with Crippen molar-refractivity contribution in [2.45, 2.75) is 90.9 Å². The van der Waals surface area contributed by atoms with Crippen LogP contribution >= 0.6 is 0 Å². The van der Waals surface area contributed by atoms with Gasteiger partial charge in [-0.25, -0.2) is 0 Å². The minimum Gasteiger partial charge on any atom is -0.481 e. The summed E-state index contributed by atoms with van der Waals surface area (Å²) in [6.07, 6.45) is 15.1. The molecule has 0 aromatic heterocycles. The van der Waals surface area contributed by atoms with Crippen LogP contribution in [0.3, 0.4) is 0 Å². The minimum absolute atomic E-state index is 0.00870. The van der Waals surface area contributed by atoms with Crippen molar-refractivity contribution in [1.82, 2.24) is 0 Å². The molecule has 3 heteroatoms. The van der Waals surface area contributed by atoms with Crippen molar-refractivity contribution < 1.29 is 15.0 Å². The minimum atomic E-state index is -0.794. The molecule has 0 spiro atoms. The van der Waals surface area contributed by atoms with Gasteiger partial charge in [0.1, 0.15) is 0 Å². The molecule has 0 aliphatic rings. The molecule has 3 nitrogen and oxygen atoms in total. The van der Waals surface area contributed by atoms with E-state index in [1.54, 1.807) is 6.92 Å². The van der Waals surface area contributed by atoms with Gasteiger partial charge in [-0.2, -0.15) is 0 Å². The van der Waals surface area contributed by atoms with Gasteiger partial charge >= 0.3 is 5.97 Å². The quantitative estimate of drug-likeness (QED) is 0.418. The third-order valence-corrected chi connectivity index (χ3v) is 4.51. The van der Waals surface area contributed by atoms with Crippen LogP contribution < -0.4 is 0 Å². The summed E-state index contributed by atoms with van der Waals surface area (Å²) >= 11 is 0. The molecule has 0 aromatic carbocycles. The summed E-state index contributed by atoms with van der Waals surface area (Å²) in [5.41, 5.74) is 0. The zero-order chi connectivity index (χ0) is 15.9. The number of carboxylic acids is 1. The number of rotatable bonds is 15. The van der Waals surface area contributed by atoms with Crippen molar-refractivity contribution in [2.75, 3.05) is 6.61 Å². The third-order valence-electron chi connectivity index (χ3n) is 4.51. The van der Waals surface area contributed by atoms with Gasteiger partial charge < -0.3 is 10.2 Å². The molecule has 0 radical (unpaired) electrons. The Hall–Kier alpha value is -0.570. The third kappa shape index (κ3) is 11.7. The first-order valence-corrected chi connectivity index (χ1v) is 8.97. The molecule has 0 rings (SSSR count). The summed E-state index contributed by atoms with van der Waals surface area (Å²) in [7, 11) is 0. The molecule has 0 fully saturated rings. The van der Waals surface area contributed by atoms with Gasteiger partial charge in [-0.15, -0.1) is 0 Å². The van der Waals surface area contributed by atoms with Gasteiger partial charge in [0.05, 0.1) is 5.92 Å². The molecule has 0 aromatic rings. The second-order valence-corrected chi connectivity index (χ2v) is 6.39. The molecule has 1 unspecified atom stereocenters. The van der Waals surface area contributed by atoms with Crippen molar-refractivity contribution in [1.29, 1.82) is 0 Å². The van der Waals surface area contributed by atoms with E-state index in [2.05, 4.69) is 6.92 Å². The SMILES string of the molecule is CCCCCCCCCCCCCC(CO)[C@@H](C)C(=O)O. The molecule has 21 heavy (non-hydrogen) atoms. The van der Waals surface area contributed by atoms with Crippen LogP contribution in [-0.4, -0.2) is 22.8 Å². The lowest BCUT2D eigenvalue weighted by Gasteiger charge is -2.18. The number of aliphatic hydroxyl groups is 1. The normalized spacial score (nSPS) is 14.0. The summed E-state index contributed by atoms with van der Waals surface area (Å²) in [6, 6.07) is 0. The Bertz CT molecular complexity index is 241. The lowest BCUT2D eigenvalue weighted by atomic mass is 9.89. The monoisotopic (exact) mass is 300 g/mol. The highest BCUT2D eigenvalue weighted by Gasteiger charge is 2.22. The molecular weight excluding hydrogens is 264 g/mol. The van der Waals surface area contributed by atoms with Crippen molar-refractivity contribution >= 4 is 5.97 Å². The van der Waals surface area contributed by atoms with E-state index in [0.29, 0.717) is 0 Å². The lowest BCUT2D eigenvalue weighted by molar-refractivity contribution is -0.143. The fraction of sp³-hybridized carbons (Fsp3) is 0.944. The average molecular weight is 300 g/mol. The van der Waals surface area contributed by atoms with Crippen LogP contribution in [0.4, 0.5) is 0 Å². The summed E-state index contributed by atoms with van der Waals surface area (Å²) < 4.78 is 0. The maximum atomic E-state index is 10.9. The molecule has 2 atom stereocenters. The molecule has 0 aliphatic heterocycles. The van der Waals surface area contributed by atoms with E-state index in [0.717, 1.165) is 12.8 Å². The Morgan fingerprint density at radius 1 is 0.857 bits per heavy atom.